The Kier molecular flexibility index (Phi) is 26.0. The van der Waals surface area contributed by atoms with Gasteiger partial charge in [0.2, 0.25) is 35.4 Å². The zero-order valence-corrected chi connectivity index (χ0v) is 39.2. The van der Waals surface area contributed by atoms with Crippen LogP contribution in [0, 0.1) is 0 Å². The highest BCUT2D eigenvalue weighted by Crippen LogP contribution is 2.25. The smallest absolute Gasteiger partial charge is 0.243 e. The lowest BCUT2D eigenvalue weighted by Crippen LogP contribution is -2.53. The van der Waals surface area contributed by atoms with Crippen molar-refractivity contribution in [3.8, 4) is 0 Å². The molecule has 2 aromatic rings. The van der Waals surface area contributed by atoms with Gasteiger partial charge in [-0.3, -0.25) is 49.0 Å². The van der Waals surface area contributed by atoms with Crippen LogP contribution in [0.4, 0.5) is 0 Å². The number of hydrogen-bond donors (Lipinski definition) is 7. The number of carbonyl (C=O) groups is 6. The number of nitrogens with one attached hydrogen (secondary N) is 5. The Balaban J connectivity index is 1.39. The average molecular weight is 919 g/mol. The maximum atomic E-state index is 14.6. The van der Waals surface area contributed by atoms with E-state index in [2.05, 4.69) is 28.1 Å². The monoisotopic (exact) mass is 919 g/mol. The van der Waals surface area contributed by atoms with E-state index in [0.717, 1.165) is 81.8 Å². The van der Waals surface area contributed by atoms with Crippen molar-refractivity contribution in [3.63, 3.8) is 0 Å². The highest BCUT2D eigenvalue weighted by atomic mass is 16.5. The Morgan fingerprint density at radius 3 is 1.61 bits per heavy atom. The fourth-order valence-electron chi connectivity index (χ4n) is 9.20. The van der Waals surface area contributed by atoms with E-state index in [4.69, 9.17) is 10.4 Å². The van der Waals surface area contributed by atoms with Crippen molar-refractivity contribution >= 4 is 35.4 Å². The minimum absolute atomic E-state index is 0.0490. The van der Waals surface area contributed by atoms with Crippen molar-refractivity contribution in [2.45, 2.75) is 153 Å². The molecule has 0 bridgehead atoms. The van der Waals surface area contributed by atoms with E-state index in [-0.39, 0.29) is 80.8 Å². The second kappa shape index (κ2) is 31.9. The SMILES string of the molecule is O=C(CCCCCCCN(CC(=O)NCCc1ccccc1)CC(=O)N(CCc1ccccc1)C1CCCC(NC(=O)CN(CCCCCC(=O)NO)CC(=O)NC2CCCCC2)C1)NO. The third-order valence-electron chi connectivity index (χ3n) is 12.8. The first-order valence-corrected chi connectivity index (χ1v) is 24.6. The first-order chi connectivity index (χ1) is 32.1. The van der Waals surface area contributed by atoms with Gasteiger partial charge in [-0.25, -0.2) is 11.0 Å². The van der Waals surface area contributed by atoms with Gasteiger partial charge < -0.3 is 20.9 Å². The van der Waals surface area contributed by atoms with Crippen LogP contribution in [0.15, 0.2) is 60.7 Å². The number of benzene rings is 2. The lowest BCUT2D eigenvalue weighted by atomic mass is 9.89. The number of hydroxylamine groups is 2. The zero-order valence-electron chi connectivity index (χ0n) is 39.2. The standard InChI is InChI=1S/C50H78N8O8/c59-45(54-65)27-14-2-1-3-16-33-57(36-47(61)51-31-29-40-19-8-4-9-20-40)39-50(64)58(34-30-41-21-10-5-11-22-41)44-26-18-25-43(35-44)53-49(63)38-56(32-17-7-15-28-46(60)55-66)37-48(62)52-42-23-12-6-13-24-42/h4-5,8-11,19-22,42-44,65-66H,1-3,6-7,12-18,23-39H2,(H,51,61)(H,52,62)(H,53,63)(H,54,59)(H,55,60). The maximum Gasteiger partial charge on any atom is 0.243 e. The minimum atomic E-state index is -0.438. The second-order valence-electron chi connectivity index (χ2n) is 18.2. The number of amides is 6. The molecule has 7 N–H and O–H groups in total. The van der Waals surface area contributed by atoms with Crippen LogP contribution in [0.5, 0.6) is 0 Å². The summed E-state index contributed by atoms with van der Waals surface area (Å²) >= 11 is 0. The van der Waals surface area contributed by atoms with Crippen LogP contribution >= 0.6 is 0 Å². The number of nitrogens with zero attached hydrogens (tertiary/aromatic N) is 3. The Labute approximate surface area is 392 Å². The highest BCUT2D eigenvalue weighted by Gasteiger charge is 2.32. The summed E-state index contributed by atoms with van der Waals surface area (Å²) < 4.78 is 0. The maximum absolute atomic E-state index is 14.6. The largest absolute Gasteiger partial charge is 0.355 e. The van der Waals surface area contributed by atoms with Gasteiger partial charge in [0.25, 0.3) is 0 Å². The van der Waals surface area contributed by atoms with Gasteiger partial charge in [0.05, 0.1) is 26.2 Å². The van der Waals surface area contributed by atoms with Crippen molar-refractivity contribution in [1.29, 1.82) is 0 Å². The van der Waals surface area contributed by atoms with Crippen molar-refractivity contribution in [2.24, 2.45) is 0 Å². The van der Waals surface area contributed by atoms with Crippen LogP contribution < -0.4 is 26.9 Å². The molecule has 0 aromatic heterocycles. The third kappa shape index (κ3) is 22.5. The molecule has 6 amide bonds. The molecule has 2 aromatic carbocycles. The molecule has 2 saturated carbocycles. The van der Waals surface area contributed by atoms with Gasteiger partial charge in [-0.1, -0.05) is 106 Å². The predicted molar refractivity (Wildman–Crippen MR) is 253 cm³/mol. The number of carbonyl (C=O) groups excluding carboxylic acids is 6. The summed E-state index contributed by atoms with van der Waals surface area (Å²) in [5.41, 5.74) is 5.58. The summed E-state index contributed by atoms with van der Waals surface area (Å²) in [6.07, 6.45) is 16.1. The molecule has 66 heavy (non-hydrogen) atoms. The molecule has 16 nitrogen and oxygen atoms in total. The van der Waals surface area contributed by atoms with E-state index in [1.54, 1.807) is 11.0 Å². The zero-order chi connectivity index (χ0) is 47.2. The molecule has 0 spiro atoms. The van der Waals surface area contributed by atoms with E-state index in [1.807, 2.05) is 63.2 Å². The first kappa shape index (κ1) is 53.7. The van der Waals surface area contributed by atoms with Crippen LogP contribution in [-0.4, -0.2) is 131 Å². The van der Waals surface area contributed by atoms with Crippen LogP contribution in [-0.2, 0) is 41.6 Å². The fourth-order valence-corrected chi connectivity index (χ4v) is 9.20. The Hall–Kier alpha value is -4.90. The normalized spacial score (nSPS) is 16.4. The number of rotatable bonds is 31. The van der Waals surface area contributed by atoms with Crippen LogP contribution in [0.25, 0.3) is 0 Å². The van der Waals surface area contributed by atoms with E-state index in [1.165, 1.54) is 6.42 Å². The molecule has 16 heteroatoms. The van der Waals surface area contributed by atoms with Gasteiger partial charge in [-0.15, -0.1) is 0 Å². The average Bonchev–Trinajstić information content (AvgIpc) is 3.31. The Bertz CT molecular complexity index is 1730. The lowest BCUT2D eigenvalue weighted by molar-refractivity contribution is -0.136. The minimum Gasteiger partial charge on any atom is -0.355 e. The molecule has 0 radical (unpaired) electrons. The molecule has 0 saturated heterocycles. The van der Waals surface area contributed by atoms with Gasteiger partial charge in [0.15, 0.2) is 0 Å². The van der Waals surface area contributed by atoms with Crippen molar-refractivity contribution in [2.75, 3.05) is 52.4 Å². The molecule has 2 aliphatic carbocycles. The molecule has 2 atom stereocenters. The second-order valence-corrected chi connectivity index (χ2v) is 18.2. The summed E-state index contributed by atoms with van der Waals surface area (Å²) in [5.74, 6) is -1.30. The quantitative estimate of drug-likeness (QED) is 0.0312. The van der Waals surface area contributed by atoms with Crippen molar-refractivity contribution in [3.05, 3.63) is 71.8 Å². The summed E-state index contributed by atoms with van der Waals surface area (Å²) in [7, 11) is 0. The summed E-state index contributed by atoms with van der Waals surface area (Å²) in [4.78, 5) is 83.5. The van der Waals surface area contributed by atoms with Crippen molar-refractivity contribution in [1.82, 2.24) is 41.6 Å². The third-order valence-corrected chi connectivity index (χ3v) is 12.8. The Morgan fingerprint density at radius 1 is 0.500 bits per heavy atom. The molecular formula is C50H78N8O8. The van der Waals surface area contributed by atoms with Gasteiger partial charge in [-0.2, -0.15) is 0 Å². The first-order valence-electron chi connectivity index (χ1n) is 24.6. The summed E-state index contributed by atoms with van der Waals surface area (Å²) in [6, 6.07) is 19.9. The number of hydrogen-bond acceptors (Lipinski definition) is 10. The van der Waals surface area contributed by atoms with E-state index < -0.39 is 11.8 Å². The van der Waals surface area contributed by atoms with E-state index in [0.29, 0.717) is 71.1 Å². The van der Waals surface area contributed by atoms with Crippen molar-refractivity contribution < 1.29 is 39.2 Å². The Morgan fingerprint density at radius 2 is 1.00 bits per heavy atom. The van der Waals surface area contributed by atoms with Gasteiger partial charge in [0.1, 0.15) is 0 Å². The predicted octanol–water partition coefficient (Wildman–Crippen LogP) is 4.81. The number of unbranched alkanes of at least 4 members (excludes halogenated alkanes) is 6. The molecule has 0 heterocycles. The molecular weight excluding hydrogens is 841 g/mol. The molecule has 366 valence electrons. The van der Waals surface area contributed by atoms with Crippen LogP contribution in [0.2, 0.25) is 0 Å². The van der Waals surface area contributed by atoms with Gasteiger partial charge in [-0.05, 0) is 101 Å². The van der Waals surface area contributed by atoms with Crippen LogP contribution in [0.1, 0.15) is 133 Å². The molecule has 4 rings (SSSR count). The van der Waals surface area contributed by atoms with Gasteiger partial charge >= 0.3 is 0 Å². The lowest BCUT2D eigenvalue weighted by Gasteiger charge is -2.39. The van der Waals surface area contributed by atoms with E-state index >= 15 is 0 Å². The highest BCUT2D eigenvalue weighted by molar-refractivity contribution is 5.82. The van der Waals surface area contributed by atoms with Crippen LogP contribution in [0.3, 0.4) is 0 Å². The van der Waals surface area contributed by atoms with Gasteiger partial charge in [0, 0.05) is 44.1 Å². The summed E-state index contributed by atoms with van der Waals surface area (Å²) in [6.45, 7) is 2.35. The molecule has 0 aliphatic heterocycles. The molecule has 2 fully saturated rings. The topological polar surface area (TPSA) is 213 Å². The molecule has 2 unspecified atom stereocenters. The fraction of sp³-hybridized carbons (Fsp3) is 0.640. The summed E-state index contributed by atoms with van der Waals surface area (Å²) in [5, 5.41) is 27.1. The van der Waals surface area contributed by atoms with E-state index in [9.17, 15) is 28.8 Å². The molecule has 2 aliphatic rings.